The van der Waals surface area contributed by atoms with E-state index in [1.54, 1.807) is 0 Å². The molecule has 0 N–H and O–H groups in total. The molecule has 250 valence electrons. The summed E-state index contributed by atoms with van der Waals surface area (Å²) in [4.78, 5) is 10.4. The minimum Gasteiger partial charge on any atom is -0.309 e. The Morgan fingerprint density at radius 2 is 1.17 bits per heavy atom. The third-order valence-corrected chi connectivity index (χ3v) is 11.4. The molecular weight excluding hydrogens is 645 g/mol. The van der Waals surface area contributed by atoms with Crippen molar-refractivity contribution in [3.63, 3.8) is 0 Å². The summed E-state index contributed by atoms with van der Waals surface area (Å²) in [6.45, 7) is 4.73. The first-order valence-electron chi connectivity index (χ1n) is 18.3. The first-order valence-corrected chi connectivity index (χ1v) is 18.3. The number of para-hydroxylation sites is 2. The molecular formula is C49H34N4. The summed E-state index contributed by atoms with van der Waals surface area (Å²) in [6.07, 6.45) is 2.02. The average molecular weight is 679 g/mol. The van der Waals surface area contributed by atoms with Crippen LogP contribution in [0.1, 0.15) is 25.0 Å². The molecule has 0 amide bonds. The Hall–Kier alpha value is -6.78. The van der Waals surface area contributed by atoms with Crippen molar-refractivity contribution in [1.29, 1.82) is 0 Å². The van der Waals surface area contributed by atoms with Crippen molar-refractivity contribution in [2.24, 2.45) is 0 Å². The number of fused-ring (bicyclic) bond motifs is 10. The van der Waals surface area contributed by atoms with Crippen LogP contribution in [-0.4, -0.2) is 19.1 Å². The molecule has 0 bridgehead atoms. The van der Waals surface area contributed by atoms with Crippen LogP contribution in [0.3, 0.4) is 0 Å². The van der Waals surface area contributed by atoms with Crippen molar-refractivity contribution in [3.05, 3.63) is 181 Å². The van der Waals surface area contributed by atoms with Gasteiger partial charge in [-0.15, -0.1) is 0 Å². The van der Waals surface area contributed by atoms with E-state index in [1.165, 1.54) is 54.8 Å². The fraction of sp³-hybridized carbons (Fsp3) is 0.0612. The number of nitrogens with zero attached hydrogens (tertiary/aromatic N) is 4. The molecule has 1 aliphatic rings. The topological polar surface area (TPSA) is 35.6 Å². The van der Waals surface area contributed by atoms with E-state index in [0.29, 0.717) is 5.82 Å². The predicted molar refractivity (Wildman–Crippen MR) is 219 cm³/mol. The third kappa shape index (κ3) is 4.24. The Morgan fingerprint density at radius 1 is 0.491 bits per heavy atom. The Balaban J connectivity index is 1.32. The molecule has 10 aromatic rings. The second kappa shape index (κ2) is 11.1. The first kappa shape index (κ1) is 29.9. The highest BCUT2D eigenvalue weighted by Crippen LogP contribution is 2.52. The lowest BCUT2D eigenvalue weighted by Gasteiger charge is -2.21. The lowest BCUT2D eigenvalue weighted by atomic mass is 9.82. The maximum Gasteiger partial charge on any atom is 0.159 e. The standard InChI is InChI=1S/C49H34N4/c1-49(2)39-24-14-12-22-34(39)37-29-43-38(28-40(37)49)45-42(52(43)33-20-10-5-11-21-33)27-26-36-35-23-13-15-25-41(35)53(47(36)45)44-30-50-48(32-18-8-4-9-19-32)51-46(44)31-16-6-3-7-17-31/h3-30H,1-2H3. The van der Waals surface area contributed by atoms with Gasteiger partial charge in [-0.1, -0.05) is 141 Å². The molecule has 0 radical (unpaired) electrons. The van der Waals surface area contributed by atoms with Crippen LogP contribution >= 0.6 is 0 Å². The van der Waals surface area contributed by atoms with Crippen molar-refractivity contribution in [2.75, 3.05) is 0 Å². The summed E-state index contributed by atoms with van der Waals surface area (Å²) in [7, 11) is 0. The van der Waals surface area contributed by atoms with Gasteiger partial charge < -0.3 is 9.13 Å². The van der Waals surface area contributed by atoms with Gasteiger partial charge in [0.15, 0.2) is 5.82 Å². The van der Waals surface area contributed by atoms with E-state index in [4.69, 9.17) is 9.97 Å². The molecule has 0 aliphatic heterocycles. The minimum atomic E-state index is -0.135. The zero-order valence-electron chi connectivity index (χ0n) is 29.5. The van der Waals surface area contributed by atoms with Gasteiger partial charge in [0.2, 0.25) is 0 Å². The summed E-state index contributed by atoms with van der Waals surface area (Å²) >= 11 is 0. The van der Waals surface area contributed by atoms with Gasteiger partial charge in [0.25, 0.3) is 0 Å². The van der Waals surface area contributed by atoms with Gasteiger partial charge in [-0.25, -0.2) is 9.97 Å². The van der Waals surface area contributed by atoms with E-state index in [1.807, 2.05) is 24.4 Å². The van der Waals surface area contributed by atoms with Crippen LogP contribution in [0, 0.1) is 0 Å². The molecule has 0 saturated carbocycles. The highest BCUT2D eigenvalue weighted by atomic mass is 15.0. The van der Waals surface area contributed by atoms with Crippen LogP contribution in [0.25, 0.3) is 88.8 Å². The minimum absolute atomic E-state index is 0.135. The molecule has 0 saturated heterocycles. The summed E-state index contributed by atoms with van der Waals surface area (Å²) in [5, 5.41) is 4.86. The predicted octanol–water partition coefficient (Wildman–Crippen LogP) is 12.3. The zero-order chi connectivity index (χ0) is 35.3. The van der Waals surface area contributed by atoms with E-state index in [2.05, 4.69) is 169 Å². The number of hydrogen-bond acceptors (Lipinski definition) is 2. The zero-order valence-corrected chi connectivity index (χ0v) is 29.5. The SMILES string of the molecule is CC1(C)c2ccccc2-c2cc3c(cc21)c1c(ccc2c4ccccc4n(-c4cnc(-c5ccccc5)nc4-c4ccccc4)c21)n3-c1ccccc1. The molecule has 0 spiro atoms. The smallest absolute Gasteiger partial charge is 0.159 e. The lowest BCUT2D eigenvalue weighted by molar-refractivity contribution is 0.661. The van der Waals surface area contributed by atoms with Crippen LogP contribution < -0.4 is 0 Å². The summed E-state index contributed by atoms with van der Waals surface area (Å²) in [6, 6.07) is 58.8. The van der Waals surface area contributed by atoms with E-state index >= 15 is 0 Å². The molecule has 4 nitrogen and oxygen atoms in total. The van der Waals surface area contributed by atoms with Gasteiger partial charge in [0.1, 0.15) is 0 Å². The molecule has 53 heavy (non-hydrogen) atoms. The van der Waals surface area contributed by atoms with Crippen molar-refractivity contribution in [1.82, 2.24) is 19.1 Å². The molecule has 11 rings (SSSR count). The van der Waals surface area contributed by atoms with Gasteiger partial charge in [-0.3, -0.25) is 0 Å². The second-order valence-electron chi connectivity index (χ2n) is 14.6. The molecule has 1 aliphatic carbocycles. The maximum atomic E-state index is 5.33. The van der Waals surface area contributed by atoms with Crippen molar-refractivity contribution in [3.8, 4) is 45.1 Å². The fourth-order valence-corrected chi connectivity index (χ4v) is 8.93. The van der Waals surface area contributed by atoms with Crippen LogP contribution in [-0.2, 0) is 5.41 Å². The Bertz CT molecular complexity index is 3060. The van der Waals surface area contributed by atoms with E-state index in [9.17, 15) is 0 Å². The monoisotopic (exact) mass is 678 g/mol. The van der Waals surface area contributed by atoms with Crippen molar-refractivity contribution >= 4 is 43.6 Å². The quantitative estimate of drug-likeness (QED) is 0.186. The summed E-state index contributed by atoms with van der Waals surface area (Å²) < 4.78 is 4.87. The largest absolute Gasteiger partial charge is 0.309 e. The van der Waals surface area contributed by atoms with E-state index < -0.39 is 0 Å². The van der Waals surface area contributed by atoms with Crippen molar-refractivity contribution < 1.29 is 0 Å². The number of benzene rings is 7. The summed E-state index contributed by atoms with van der Waals surface area (Å²) in [5.74, 6) is 0.706. The highest BCUT2D eigenvalue weighted by Gasteiger charge is 2.36. The lowest BCUT2D eigenvalue weighted by Crippen LogP contribution is -2.14. The second-order valence-corrected chi connectivity index (χ2v) is 14.6. The number of aromatic nitrogens is 4. The molecule has 0 atom stereocenters. The molecule has 0 unspecified atom stereocenters. The Kier molecular flexibility index (Phi) is 6.27. The van der Waals surface area contributed by atoms with Crippen LogP contribution in [0.15, 0.2) is 170 Å². The number of rotatable bonds is 4. The Labute approximate surface area is 307 Å². The highest BCUT2D eigenvalue weighted by molar-refractivity contribution is 6.26. The molecule has 7 aromatic carbocycles. The van der Waals surface area contributed by atoms with Crippen LogP contribution in [0.5, 0.6) is 0 Å². The van der Waals surface area contributed by atoms with Gasteiger partial charge in [0, 0.05) is 43.8 Å². The normalized spacial score (nSPS) is 13.2. The van der Waals surface area contributed by atoms with Crippen molar-refractivity contribution in [2.45, 2.75) is 19.3 Å². The molecule has 3 heterocycles. The fourth-order valence-electron chi connectivity index (χ4n) is 8.93. The summed E-state index contributed by atoms with van der Waals surface area (Å²) in [5.41, 5.74) is 14.9. The van der Waals surface area contributed by atoms with Gasteiger partial charge in [-0.05, 0) is 58.7 Å². The van der Waals surface area contributed by atoms with Crippen LogP contribution in [0.2, 0.25) is 0 Å². The van der Waals surface area contributed by atoms with Gasteiger partial charge >= 0.3 is 0 Å². The molecule has 4 heteroatoms. The average Bonchev–Trinajstić information content (AvgIpc) is 3.81. The maximum absolute atomic E-state index is 5.33. The van der Waals surface area contributed by atoms with Gasteiger partial charge in [-0.2, -0.15) is 0 Å². The van der Waals surface area contributed by atoms with Crippen LogP contribution in [0.4, 0.5) is 0 Å². The third-order valence-electron chi connectivity index (χ3n) is 11.4. The first-order chi connectivity index (χ1) is 26.1. The number of hydrogen-bond donors (Lipinski definition) is 0. The van der Waals surface area contributed by atoms with E-state index in [-0.39, 0.29) is 5.41 Å². The van der Waals surface area contributed by atoms with E-state index in [0.717, 1.165) is 39.2 Å². The molecule has 0 fully saturated rings. The molecule has 3 aromatic heterocycles. The van der Waals surface area contributed by atoms with Gasteiger partial charge in [0.05, 0.1) is 39.6 Å². The Morgan fingerprint density at radius 3 is 1.96 bits per heavy atom.